The molecule has 0 aliphatic carbocycles. The molecule has 120 valence electrons. The summed E-state index contributed by atoms with van der Waals surface area (Å²) in [5, 5.41) is 7.66. The van der Waals surface area contributed by atoms with Crippen LogP contribution in [-0.4, -0.2) is 29.9 Å². The smallest absolute Gasteiger partial charge is 0.382 e. The van der Waals surface area contributed by atoms with Crippen LogP contribution in [0.3, 0.4) is 0 Å². The summed E-state index contributed by atoms with van der Waals surface area (Å²) in [6, 6.07) is 7.73. The highest BCUT2D eigenvalue weighted by atomic mass is 19.4. The third-order valence-electron chi connectivity index (χ3n) is 4.19. The SMILES string of the molecule is Cc1cc2c(NC3CCNCC3)cccc2n1CC(F)(F)F. The molecule has 22 heavy (non-hydrogen) atoms. The number of fused-ring (bicyclic) bond motifs is 1. The van der Waals surface area contributed by atoms with E-state index in [0.29, 0.717) is 17.3 Å². The molecule has 2 N–H and O–H groups in total. The number of piperidine rings is 1. The summed E-state index contributed by atoms with van der Waals surface area (Å²) in [4.78, 5) is 0. The van der Waals surface area contributed by atoms with Gasteiger partial charge >= 0.3 is 6.18 Å². The Bertz CT molecular complexity index is 654. The van der Waals surface area contributed by atoms with Crippen LogP contribution >= 0.6 is 0 Å². The fourth-order valence-corrected chi connectivity index (χ4v) is 3.12. The Morgan fingerprint density at radius 1 is 1.27 bits per heavy atom. The van der Waals surface area contributed by atoms with E-state index in [1.54, 1.807) is 13.0 Å². The van der Waals surface area contributed by atoms with Crippen molar-refractivity contribution in [1.29, 1.82) is 0 Å². The van der Waals surface area contributed by atoms with Crippen LogP contribution in [0.5, 0.6) is 0 Å². The minimum Gasteiger partial charge on any atom is -0.382 e. The summed E-state index contributed by atoms with van der Waals surface area (Å²) in [5.41, 5.74) is 2.19. The van der Waals surface area contributed by atoms with E-state index in [4.69, 9.17) is 0 Å². The number of aromatic nitrogens is 1. The van der Waals surface area contributed by atoms with Crippen LogP contribution in [-0.2, 0) is 6.54 Å². The minimum absolute atomic E-state index is 0.373. The van der Waals surface area contributed by atoms with E-state index < -0.39 is 12.7 Å². The maximum absolute atomic E-state index is 12.8. The van der Waals surface area contributed by atoms with Gasteiger partial charge in [-0.25, -0.2) is 0 Å². The first-order chi connectivity index (χ1) is 10.4. The molecule has 6 heteroatoms. The number of alkyl halides is 3. The maximum Gasteiger partial charge on any atom is 0.406 e. The Labute approximate surface area is 127 Å². The zero-order valence-corrected chi connectivity index (χ0v) is 12.5. The molecular weight excluding hydrogens is 291 g/mol. The summed E-state index contributed by atoms with van der Waals surface area (Å²) in [7, 11) is 0. The lowest BCUT2D eigenvalue weighted by atomic mass is 10.1. The number of hydrogen-bond acceptors (Lipinski definition) is 2. The number of nitrogens with one attached hydrogen (secondary N) is 2. The van der Waals surface area contributed by atoms with Crippen LogP contribution in [0.4, 0.5) is 18.9 Å². The van der Waals surface area contributed by atoms with E-state index in [1.807, 2.05) is 18.2 Å². The van der Waals surface area contributed by atoms with E-state index in [-0.39, 0.29) is 0 Å². The van der Waals surface area contributed by atoms with Crippen molar-refractivity contribution in [2.24, 2.45) is 0 Å². The first-order valence-electron chi connectivity index (χ1n) is 7.57. The largest absolute Gasteiger partial charge is 0.406 e. The fourth-order valence-electron chi connectivity index (χ4n) is 3.12. The molecule has 2 aromatic rings. The Balaban J connectivity index is 1.93. The summed E-state index contributed by atoms with van der Waals surface area (Å²) in [5.74, 6) is 0. The molecule has 3 rings (SSSR count). The highest BCUT2D eigenvalue weighted by molar-refractivity contribution is 5.93. The van der Waals surface area contributed by atoms with Gasteiger partial charge in [0, 0.05) is 22.8 Å². The van der Waals surface area contributed by atoms with E-state index in [2.05, 4.69) is 10.6 Å². The summed E-state index contributed by atoms with van der Waals surface area (Å²) in [6.45, 7) is 2.72. The molecule has 2 heterocycles. The van der Waals surface area contributed by atoms with Gasteiger partial charge in [0.2, 0.25) is 0 Å². The average molecular weight is 311 g/mol. The zero-order chi connectivity index (χ0) is 15.7. The highest BCUT2D eigenvalue weighted by Crippen LogP contribution is 2.30. The van der Waals surface area contributed by atoms with Crippen molar-refractivity contribution in [1.82, 2.24) is 9.88 Å². The molecule has 0 atom stereocenters. The van der Waals surface area contributed by atoms with E-state index in [1.165, 1.54) is 4.57 Å². The zero-order valence-electron chi connectivity index (χ0n) is 12.5. The second-order valence-electron chi connectivity index (χ2n) is 5.89. The van der Waals surface area contributed by atoms with Gasteiger partial charge in [0.05, 0.1) is 5.52 Å². The number of nitrogens with zero attached hydrogens (tertiary/aromatic N) is 1. The minimum atomic E-state index is -4.21. The molecule has 1 aromatic carbocycles. The number of rotatable bonds is 3. The third-order valence-corrected chi connectivity index (χ3v) is 4.19. The van der Waals surface area contributed by atoms with Crippen molar-refractivity contribution < 1.29 is 13.2 Å². The van der Waals surface area contributed by atoms with Crippen molar-refractivity contribution in [3.05, 3.63) is 30.0 Å². The molecule has 0 amide bonds. The Kier molecular flexibility index (Phi) is 4.04. The quantitative estimate of drug-likeness (QED) is 0.905. The first kappa shape index (κ1) is 15.2. The van der Waals surface area contributed by atoms with Crippen LogP contribution < -0.4 is 10.6 Å². The number of aryl methyl sites for hydroxylation is 1. The molecule has 0 radical (unpaired) electrons. The molecule has 0 unspecified atom stereocenters. The van der Waals surface area contributed by atoms with Gasteiger partial charge in [-0.15, -0.1) is 0 Å². The number of benzene rings is 1. The van der Waals surface area contributed by atoms with Crippen LogP contribution in [0, 0.1) is 6.92 Å². The summed E-state index contributed by atoms with van der Waals surface area (Å²) < 4.78 is 39.6. The summed E-state index contributed by atoms with van der Waals surface area (Å²) >= 11 is 0. The average Bonchev–Trinajstić information content (AvgIpc) is 2.76. The van der Waals surface area contributed by atoms with E-state index in [9.17, 15) is 13.2 Å². The highest BCUT2D eigenvalue weighted by Gasteiger charge is 2.29. The maximum atomic E-state index is 12.8. The van der Waals surface area contributed by atoms with Crippen molar-refractivity contribution in [2.45, 2.75) is 38.5 Å². The molecule has 1 aliphatic heterocycles. The molecular formula is C16H20F3N3. The first-order valence-corrected chi connectivity index (χ1v) is 7.57. The third kappa shape index (κ3) is 3.21. The monoisotopic (exact) mass is 311 g/mol. The van der Waals surface area contributed by atoms with Gasteiger partial charge in [-0.3, -0.25) is 0 Å². The summed E-state index contributed by atoms with van der Waals surface area (Å²) in [6.07, 6.45) is -2.16. The lowest BCUT2D eigenvalue weighted by Crippen LogP contribution is -2.35. The van der Waals surface area contributed by atoms with Gasteiger partial charge in [0.15, 0.2) is 0 Å². The number of halogens is 3. The van der Waals surface area contributed by atoms with Gasteiger partial charge in [0.25, 0.3) is 0 Å². The molecule has 1 aromatic heterocycles. The van der Waals surface area contributed by atoms with Crippen molar-refractivity contribution in [3.63, 3.8) is 0 Å². The lowest BCUT2D eigenvalue weighted by Gasteiger charge is -2.25. The van der Waals surface area contributed by atoms with Gasteiger partial charge in [-0.2, -0.15) is 13.2 Å². The fraction of sp³-hybridized carbons (Fsp3) is 0.500. The van der Waals surface area contributed by atoms with Crippen molar-refractivity contribution >= 4 is 16.6 Å². The Morgan fingerprint density at radius 2 is 2.00 bits per heavy atom. The van der Waals surface area contributed by atoms with Gasteiger partial charge in [0.1, 0.15) is 6.54 Å². The molecule has 0 bridgehead atoms. The number of hydrogen-bond donors (Lipinski definition) is 2. The van der Waals surface area contributed by atoms with Crippen LogP contribution in [0.25, 0.3) is 10.9 Å². The van der Waals surface area contributed by atoms with Crippen molar-refractivity contribution in [2.75, 3.05) is 18.4 Å². The lowest BCUT2D eigenvalue weighted by molar-refractivity contribution is -0.140. The number of anilines is 1. The molecule has 3 nitrogen and oxygen atoms in total. The molecule has 0 saturated carbocycles. The van der Waals surface area contributed by atoms with Crippen LogP contribution in [0.2, 0.25) is 0 Å². The molecule has 0 spiro atoms. The molecule has 1 saturated heterocycles. The van der Waals surface area contributed by atoms with E-state index in [0.717, 1.165) is 37.0 Å². The second kappa shape index (κ2) is 5.83. The van der Waals surface area contributed by atoms with E-state index >= 15 is 0 Å². The predicted molar refractivity (Wildman–Crippen MR) is 82.2 cm³/mol. The second-order valence-corrected chi connectivity index (χ2v) is 5.89. The van der Waals surface area contributed by atoms with Crippen LogP contribution in [0.15, 0.2) is 24.3 Å². The normalized spacial score (nSPS) is 17.1. The van der Waals surface area contributed by atoms with Gasteiger partial charge in [-0.1, -0.05) is 6.07 Å². The van der Waals surface area contributed by atoms with Gasteiger partial charge in [-0.05, 0) is 51.1 Å². The van der Waals surface area contributed by atoms with Crippen LogP contribution in [0.1, 0.15) is 18.5 Å². The Hall–Kier alpha value is -1.69. The van der Waals surface area contributed by atoms with Gasteiger partial charge < -0.3 is 15.2 Å². The molecule has 1 fully saturated rings. The molecule has 1 aliphatic rings. The van der Waals surface area contributed by atoms with Crippen molar-refractivity contribution in [3.8, 4) is 0 Å². The predicted octanol–water partition coefficient (Wildman–Crippen LogP) is 3.68. The standard InChI is InChI=1S/C16H20F3N3/c1-11-9-13-14(21-12-5-7-20-8-6-12)3-2-4-15(13)22(11)10-16(17,18)19/h2-4,9,12,20-21H,5-8,10H2,1H3. The Morgan fingerprint density at radius 3 is 2.68 bits per heavy atom. The topological polar surface area (TPSA) is 29.0 Å².